The molecule has 1 aromatic rings. The summed E-state index contributed by atoms with van der Waals surface area (Å²) in [5.41, 5.74) is 3.33. The van der Waals surface area contributed by atoms with E-state index in [1.165, 1.54) is 12.3 Å². The number of hydrogen-bond donors (Lipinski definition) is 4. The van der Waals surface area contributed by atoms with E-state index in [2.05, 4.69) is 4.98 Å². The Balaban J connectivity index is 2.37. The van der Waals surface area contributed by atoms with Gasteiger partial charge in [-0.3, -0.25) is 4.57 Å². The molecule has 0 unspecified atom stereocenters. The molecule has 0 bridgehead atoms. The van der Waals surface area contributed by atoms with Crippen molar-refractivity contribution in [2.75, 3.05) is 33.0 Å². The van der Waals surface area contributed by atoms with Crippen LogP contribution in [0.4, 0.5) is 5.82 Å². The van der Waals surface area contributed by atoms with Gasteiger partial charge in [0.05, 0.1) is 6.61 Å². The van der Waals surface area contributed by atoms with Gasteiger partial charge in [0, 0.05) is 12.7 Å². The lowest BCUT2D eigenvalue weighted by molar-refractivity contribution is -0.137. The molecular weight excluding hydrogens is 280 g/mol. The number of nitrogens with zero attached hydrogens (tertiary/aromatic N) is 3. The molecule has 0 radical (unpaired) electrons. The van der Waals surface area contributed by atoms with Gasteiger partial charge in [0.15, 0.2) is 6.23 Å². The van der Waals surface area contributed by atoms with Crippen molar-refractivity contribution in [1.29, 1.82) is 0 Å². The lowest BCUT2D eigenvalue weighted by Crippen LogP contribution is -2.52. The van der Waals surface area contributed by atoms with Crippen LogP contribution in [0, 0.1) is 0 Å². The highest BCUT2D eigenvalue weighted by Gasteiger charge is 2.55. The Morgan fingerprint density at radius 2 is 2.19 bits per heavy atom. The minimum Gasteiger partial charge on any atom is -0.393 e. The summed E-state index contributed by atoms with van der Waals surface area (Å²) in [6.45, 7) is -0.327. The number of hydrogen-bond acceptors (Lipinski definition) is 8. The van der Waals surface area contributed by atoms with Crippen LogP contribution in [0.15, 0.2) is 17.1 Å². The van der Waals surface area contributed by atoms with Gasteiger partial charge in [0.2, 0.25) is 0 Å². The van der Waals surface area contributed by atoms with E-state index >= 15 is 0 Å². The quantitative estimate of drug-likeness (QED) is 0.474. The van der Waals surface area contributed by atoms with Crippen molar-refractivity contribution < 1.29 is 20.1 Å². The first kappa shape index (κ1) is 15.9. The maximum Gasteiger partial charge on any atom is 0.351 e. The van der Waals surface area contributed by atoms with Crippen LogP contribution in [0.1, 0.15) is 6.23 Å². The largest absolute Gasteiger partial charge is 0.393 e. The molecule has 1 fully saturated rings. The van der Waals surface area contributed by atoms with Crippen molar-refractivity contribution in [2.45, 2.75) is 24.0 Å². The molecule has 1 saturated heterocycles. The van der Waals surface area contributed by atoms with Crippen molar-refractivity contribution in [3.63, 3.8) is 0 Å². The number of aliphatic hydroxyl groups excluding tert-OH is 3. The Morgan fingerprint density at radius 1 is 1.52 bits per heavy atom. The van der Waals surface area contributed by atoms with E-state index < -0.39 is 36.3 Å². The topological polar surface area (TPSA) is 134 Å². The number of likely N-dealkylation sites (N-methyl/N-ethyl adjacent to an activating group) is 1. The molecule has 9 heteroatoms. The van der Waals surface area contributed by atoms with Crippen molar-refractivity contribution in [3.05, 3.63) is 22.7 Å². The summed E-state index contributed by atoms with van der Waals surface area (Å²) in [6.07, 6.45) is -2.54. The summed E-state index contributed by atoms with van der Waals surface area (Å²) in [6, 6.07) is 1.38. The predicted octanol–water partition coefficient (Wildman–Crippen LogP) is -2.63. The lowest BCUT2D eigenvalue weighted by Gasteiger charge is -2.32. The molecule has 1 aliphatic heterocycles. The molecule has 9 nitrogen and oxygen atoms in total. The number of rotatable bonds is 4. The maximum atomic E-state index is 11.8. The monoisotopic (exact) mass is 300 g/mol. The fourth-order valence-corrected chi connectivity index (χ4v) is 2.53. The van der Waals surface area contributed by atoms with E-state index in [0.717, 1.165) is 4.57 Å². The third-order valence-electron chi connectivity index (χ3n) is 3.49. The van der Waals surface area contributed by atoms with Crippen LogP contribution < -0.4 is 11.4 Å². The van der Waals surface area contributed by atoms with Crippen LogP contribution in [-0.4, -0.2) is 74.8 Å². The van der Waals surface area contributed by atoms with Crippen molar-refractivity contribution in [1.82, 2.24) is 14.5 Å². The SMILES string of the molecule is CN(C)C[C@]1(CO)O[C@@H](n2ccc(N)nc2=O)[C@H](O)[C@@H]1O. The summed E-state index contributed by atoms with van der Waals surface area (Å²) >= 11 is 0. The van der Waals surface area contributed by atoms with E-state index in [9.17, 15) is 20.1 Å². The Kier molecular flexibility index (Phi) is 4.30. The number of nitrogen functional groups attached to an aromatic ring is 1. The van der Waals surface area contributed by atoms with E-state index in [4.69, 9.17) is 10.5 Å². The number of anilines is 1. The predicted molar refractivity (Wildman–Crippen MR) is 73.4 cm³/mol. The molecule has 2 rings (SSSR count). The molecule has 21 heavy (non-hydrogen) atoms. The first-order chi connectivity index (χ1) is 9.80. The molecule has 1 aromatic heterocycles. The molecule has 5 N–H and O–H groups in total. The van der Waals surface area contributed by atoms with Gasteiger partial charge in [0.1, 0.15) is 23.6 Å². The van der Waals surface area contributed by atoms with E-state index in [1.807, 2.05) is 0 Å². The molecule has 0 amide bonds. The summed E-state index contributed by atoms with van der Waals surface area (Å²) < 4.78 is 6.67. The second-order valence-corrected chi connectivity index (χ2v) is 5.45. The zero-order chi connectivity index (χ0) is 15.8. The molecule has 0 saturated carbocycles. The van der Waals surface area contributed by atoms with E-state index in [1.54, 1.807) is 19.0 Å². The number of ether oxygens (including phenoxy) is 1. The normalized spacial score (nSPS) is 32.8. The smallest absolute Gasteiger partial charge is 0.351 e. The average Bonchev–Trinajstić information content (AvgIpc) is 2.64. The fraction of sp³-hybridized carbons (Fsp3) is 0.667. The van der Waals surface area contributed by atoms with Crippen molar-refractivity contribution in [2.24, 2.45) is 0 Å². The van der Waals surface area contributed by atoms with E-state index in [-0.39, 0.29) is 12.4 Å². The molecule has 0 aliphatic carbocycles. The molecule has 2 heterocycles. The second-order valence-electron chi connectivity index (χ2n) is 5.45. The standard InChI is InChI=1S/C12H20N4O5/c1-15(2)5-12(6-17)9(19)8(18)10(21-12)16-4-3-7(13)14-11(16)20/h3-4,8-10,17-19H,5-6H2,1-2H3,(H2,13,14,20)/t8-,9+,10-,12-/m1/s1. The van der Waals surface area contributed by atoms with Gasteiger partial charge in [-0.15, -0.1) is 0 Å². The lowest BCUT2D eigenvalue weighted by atomic mass is 9.95. The number of aliphatic hydroxyl groups is 3. The second kappa shape index (κ2) is 5.70. The van der Waals surface area contributed by atoms with Crippen LogP contribution in [0.3, 0.4) is 0 Å². The highest BCUT2D eigenvalue weighted by molar-refractivity contribution is 5.23. The Labute approximate surface area is 121 Å². The molecule has 1 aliphatic rings. The first-order valence-electron chi connectivity index (χ1n) is 6.45. The molecule has 118 valence electrons. The van der Waals surface area contributed by atoms with Gasteiger partial charge >= 0.3 is 5.69 Å². The van der Waals surface area contributed by atoms with Crippen LogP contribution >= 0.6 is 0 Å². The van der Waals surface area contributed by atoms with Gasteiger partial charge in [0.25, 0.3) is 0 Å². The third-order valence-corrected chi connectivity index (χ3v) is 3.49. The Hall–Kier alpha value is -1.52. The Morgan fingerprint density at radius 3 is 2.71 bits per heavy atom. The minimum atomic E-state index is -1.38. The van der Waals surface area contributed by atoms with Gasteiger partial charge < -0.3 is 30.7 Å². The zero-order valence-corrected chi connectivity index (χ0v) is 11.9. The summed E-state index contributed by atoms with van der Waals surface area (Å²) in [5.74, 6) is 0.0472. The van der Waals surface area contributed by atoms with Crippen molar-refractivity contribution >= 4 is 5.82 Å². The molecule has 0 aromatic carbocycles. The van der Waals surface area contributed by atoms with Crippen LogP contribution in [-0.2, 0) is 4.74 Å². The van der Waals surface area contributed by atoms with Gasteiger partial charge in [-0.1, -0.05) is 0 Å². The molecular formula is C12H20N4O5. The summed E-state index contributed by atoms with van der Waals surface area (Å²) in [4.78, 5) is 17.1. The molecule has 4 atom stereocenters. The van der Waals surface area contributed by atoms with E-state index in [0.29, 0.717) is 0 Å². The average molecular weight is 300 g/mol. The zero-order valence-electron chi connectivity index (χ0n) is 11.9. The Bertz CT molecular complexity index is 563. The minimum absolute atomic E-state index is 0.0472. The highest BCUT2D eigenvalue weighted by Crippen LogP contribution is 2.36. The third kappa shape index (κ3) is 2.78. The fourth-order valence-electron chi connectivity index (χ4n) is 2.53. The highest BCUT2D eigenvalue weighted by atomic mass is 16.6. The molecule has 0 spiro atoms. The van der Waals surface area contributed by atoms with Gasteiger partial charge in [-0.25, -0.2) is 4.79 Å². The van der Waals surface area contributed by atoms with Crippen LogP contribution in [0.5, 0.6) is 0 Å². The van der Waals surface area contributed by atoms with Crippen molar-refractivity contribution in [3.8, 4) is 0 Å². The first-order valence-corrected chi connectivity index (χ1v) is 6.45. The van der Waals surface area contributed by atoms with Crippen LogP contribution in [0.25, 0.3) is 0 Å². The van der Waals surface area contributed by atoms with Gasteiger partial charge in [-0.05, 0) is 20.2 Å². The summed E-state index contributed by atoms with van der Waals surface area (Å²) in [5, 5.41) is 30.0. The maximum absolute atomic E-state index is 11.8. The van der Waals surface area contributed by atoms with Gasteiger partial charge in [-0.2, -0.15) is 4.98 Å². The summed E-state index contributed by atoms with van der Waals surface area (Å²) in [7, 11) is 3.48. The van der Waals surface area contributed by atoms with Crippen LogP contribution in [0.2, 0.25) is 0 Å². The number of aromatic nitrogens is 2. The number of nitrogens with two attached hydrogens (primary N) is 1.